The molecule has 1 aliphatic carbocycles. The van der Waals surface area contributed by atoms with E-state index in [1.807, 2.05) is 6.08 Å². The zero-order valence-corrected chi connectivity index (χ0v) is 12.2. The first-order valence-corrected chi connectivity index (χ1v) is 6.84. The van der Waals surface area contributed by atoms with Gasteiger partial charge in [0, 0.05) is 18.3 Å². The van der Waals surface area contributed by atoms with Gasteiger partial charge in [-0.15, -0.1) is 0 Å². The Hall–Kier alpha value is -2.36. The summed E-state index contributed by atoms with van der Waals surface area (Å²) >= 11 is 0. The number of carbonyl (C=O) groups excluding carboxylic acids is 2. The Bertz CT molecular complexity index is 609. The fraction of sp³-hybridized carbons (Fsp3) is 0.294. The van der Waals surface area contributed by atoms with E-state index in [-0.39, 0.29) is 16.8 Å². The van der Waals surface area contributed by atoms with Gasteiger partial charge in [0.1, 0.15) is 0 Å². The summed E-state index contributed by atoms with van der Waals surface area (Å²) in [4.78, 5) is 22.3. The number of nitrogens with one attached hydrogen (secondary N) is 1. The van der Waals surface area contributed by atoms with Gasteiger partial charge in [-0.2, -0.15) is 0 Å². The minimum absolute atomic E-state index is 0.00163. The Balaban J connectivity index is 1.99. The number of carboxylic acids is 1. The molecule has 0 spiro atoms. The highest BCUT2D eigenvalue weighted by Crippen LogP contribution is 2.33. The summed E-state index contributed by atoms with van der Waals surface area (Å²) in [6.07, 6.45) is 6.77. The molecular formula is C17H18NO3-. The largest absolute Gasteiger partial charge is 0.545 e. The average Bonchev–Trinajstić information content (AvgIpc) is 2.37. The Morgan fingerprint density at radius 1 is 1.24 bits per heavy atom. The number of benzene rings is 1. The van der Waals surface area contributed by atoms with Crippen LogP contribution in [0.2, 0.25) is 0 Å². The molecule has 1 aliphatic rings. The molecule has 1 N–H and O–H groups in total. The molecule has 0 amide bonds. The van der Waals surface area contributed by atoms with Crippen molar-refractivity contribution in [1.82, 2.24) is 0 Å². The first-order valence-electron chi connectivity index (χ1n) is 6.84. The highest BCUT2D eigenvalue weighted by molar-refractivity contribution is 5.92. The lowest BCUT2D eigenvalue weighted by molar-refractivity contribution is -0.255. The molecule has 1 aromatic rings. The minimum atomic E-state index is -1.19. The molecule has 0 aliphatic heterocycles. The van der Waals surface area contributed by atoms with E-state index in [0.29, 0.717) is 6.42 Å². The molecule has 0 heterocycles. The fourth-order valence-electron chi connectivity index (χ4n) is 2.45. The summed E-state index contributed by atoms with van der Waals surface area (Å²) in [5.41, 5.74) is 1.92. The normalized spacial score (nSPS) is 17.6. The van der Waals surface area contributed by atoms with Crippen LogP contribution in [-0.2, 0) is 4.79 Å². The molecule has 0 bridgehead atoms. The van der Waals surface area contributed by atoms with Crippen LogP contribution in [0.25, 0.3) is 0 Å². The predicted molar refractivity (Wildman–Crippen MR) is 79.6 cm³/mol. The predicted octanol–water partition coefficient (Wildman–Crippen LogP) is 2.29. The lowest BCUT2D eigenvalue weighted by Crippen LogP contribution is -2.21. The third-order valence-electron chi connectivity index (χ3n) is 3.35. The topological polar surface area (TPSA) is 69.2 Å². The van der Waals surface area contributed by atoms with E-state index in [1.54, 1.807) is 24.4 Å². The van der Waals surface area contributed by atoms with Crippen molar-refractivity contribution in [3.05, 3.63) is 53.8 Å². The number of carbonyl (C=O) groups is 2. The maximum atomic E-state index is 11.6. The zero-order valence-electron chi connectivity index (χ0n) is 12.2. The van der Waals surface area contributed by atoms with E-state index in [4.69, 9.17) is 0 Å². The number of anilines is 1. The van der Waals surface area contributed by atoms with Crippen molar-refractivity contribution in [2.45, 2.75) is 26.7 Å². The average molecular weight is 284 g/mol. The Labute approximate surface area is 124 Å². The van der Waals surface area contributed by atoms with Crippen LogP contribution in [0, 0.1) is 5.41 Å². The Morgan fingerprint density at radius 2 is 1.90 bits per heavy atom. The quantitative estimate of drug-likeness (QED) is 0.921. The van der Waals surface area contributed by atoms with Crippen LogP contribution in [0.15, 0.2) is 48.2 Å². The molecule has 4 heteroatoms. The number of ketones is 1. The highest BCUT2D eigenvalue weighted by Gasteiger charge is 2.26. The second kappa shape index (κ2) is 5.95. The summed E-state index contributed by atoms with van der Waals surface area (Å²) in [7, 11) is 0. The van der Waals surface area contributed by atoms with Crippen molar-refractivity contribution < 1.29 is 14.7 Å². The van der Waals surface area contributed by atoms with Gasteiger partial charge < -0.3 is 15.2 Å². The van der Waals surface area contributed by atoms with Crippen molar-refractivity contribution in [3.63, 3.8) is 0 Å². The van der Waals surface area contributed by atoms with Crippen molar-refractivity contribution in [3.8, 4) is 0 Å². The molecule has 0 aromatic heterocycles. The molecule has 0 unspecified atom stereocenters. The van der Waals surface area contributed by atoms with Crippen LogP contribution in [0.1, 0.15) is 37.0 Å². The van der Waals surface area contributed by atoms with Gasteiger partial charge in [0.05, 0.1) is 5.97 Å². The van der Waals surface area contributed by atoms with Crippen molar-refractivity contribution >= 4 is 17.4 Å². The smallest absolute Gasteiger partial charge is 0.156 e. The SMILES string of the molecule is CC1(C)CC(=O)C=C(/C=C/Nc2ccc(C(=O)[O-])cc2)C1. The number of aromatic carboxylic acids is 1. The molecule has 2 rings (SSSR count). The molecular weight excluding hydrogens is 266 g/mol. The molecule has 21 heavy (non-hydrogen) atoms. The minimum Gasteiger partial charge on any atom is -0.545 e. The van der Waals surface area contributed by atoms with E-state index in [1.165, 1.54) is 12.1 Å². The summed E-state index contributed by atoms with van der Waals surface area (Å²) in [6, 6.07) is 6.30. The lowest BCUT2D eigenvalue weighted by Gasteiger charge is -2.27. The summed E-state index contributed by atoms with van der Waals surface area (Å²) in [5.74, 6) is -1.03. The van der Waals surface area contributed by atoms with Crippen molar-refractivity contribution in [2.75, 3.05) is 5.32 Å². The van der Waals surface area contributed by atoms with Crippen LogP contribution in [0.4, 0.5) is 5.69 Å². The van der Waals surface area contributed by atoms with E-state index >= 15 is 0 Å². The molecule has 1 aromatic carbocycles. The third kappa shape index (κ3) is 4.31. The standard InChI is InChI=1S/C17H19NO3/c1-17(2)10-12(9-15(19)11-17)7-8-18-14-5-3-13(4-6-14)16(20)21/h3-9,18H,10-11H2,1-2H3,(H,20,21)/p-1/b8-7+. The third-order valence-corrected chi connectivity index (χ3v) is 3.35. The van der Waals surface area contributed by atoms with Gasteiger partial charge >= 0.3 is 0 Å². The number of hydrogen-bond acceptors (Lipinski definition) is 4. The summed E-state index contributed by atoms with van der Waals surface area (Å²) in [5, 5.41) is 13.7. The van der Waals surface area contributed by atoms with E-state index in [9.17, 15) is 14.7 Å². The highest BCUT2D eigenvalue weighted by atomic mass is 16.4. The molecule has 0 saturated carbocycles. The molecule has 0 atom stereocenters. The second-order valence-corrected chi connectivity index (χ2v) is 6.05. The maximum absolute atomic E-state index is 11.6. The second-order valence-electron chi connectivity index (χ2n) is 6.05. The summed E-state index contributed by atoms with van der Waals surface area (Å²) < 4.78 is 0. The maximum Gasteiger partial charge on any atom is 0.156 e. The van der Waals surface area contributed by atoms with Crippen LogP contribution in [0.3, 0.4) is 0 Å². The lowest BCUT2D eigenvalue weighted by atomic mass is 9.77. The Kier molecular flexibility index (Phi) is 4.26. The van der Waals surface area contributed by atoms with Gasteiger partial charge in [0.2, 0.25) is 0 Å². The number of hydrogen-bond donors (Lipinski definition) is 1. The van der Waals surface area contributed by atoms with Gasteiger partial charge in [0.15, 0.2) is 5.78 Å². The fourth-order valence-corrected chi connectivity index (χ4v) is 2.45. The number of rotatable bonds is 4. The molecule has 0 fully saturated rings. The van der Waals surface area contributed by atoms with Gasteiger partial charge in [-0.3, -0.25) is 4.79 Å². The van der Waals surface area contributed by atoms with E-state index in [2.05, 4.69) is 19.2 Å². The van der Waals surface area contributed by atoms with Crippen LogP contribution < -0.4 is 10.4 Å². The van der Waals surface area contributed by atoms with Crippen molar-refractivity contribution in [2.24, 2.45) is 5.41 Å². The monoisotopic (exact) mass is 284 g/mol. The van der Waals surface area contributed by atoms with Crippen LogP contribution in [-0.4, -0.2) is 11.8 Å². The van der Waals surface area contributed by atoms with E-state index < -0.39 is 5.97 Å². The van der Waals surface area contributed by atoms with Gasteiger partial charge in [-0.05, 0) is 47.3 Å². The molecule has 4 nitrogen and oxygen atoms in total. The number of allylic oxidation sites excluding steroid dienone is 3. The summed E-state index contributed by atoms with van der Waals surface area (Å²) in [6.45, 7) is 4.16. The van der Waals surface area contributed by atoms with Crippen LogP contribution in [0.5, 0.6) is 0 Å². The Morgan fingerprint density at radius 3 is 2.48 bits per heavy atom. The van der Waals surface area contributed by atoms with Gasteiger partial charge in [-0.25, -0.2) is 0 Å². The zero-order chi connectivity index (χ0) is 15.5. The molecule has 0 saturated heterocycles. The van der Waals surface area contributed by atoms with Gasteiger partial charge in [0.25, 0.3) is 0 Å². The van der Waals surface area contributed by atoms with Crippen molar-refractivity contribution in [1.29, 1.82) is 0 Å². The van der Waals surface area contributed by atoms with Crippen LogP contribution >= 0.6 is 0 Å². The number of carboxylic acid groups (broad SMARTS) is 1. The first-order chi connectivity index (χ1) is 9.85. The first kappa shape index (κ1) is 15.0. The molecule has 110 valence electrons. The molecule has 0 radical (unpaired) electrons. The van der Waals surface area contributed by atoms with E-state index in [0.717, 1.165) is 17.7 Å². The van der Waals surface area contributed by atoms with Gasteiger partial charge in [-0.1, -0.05) is 26.0 Å².